The van der Waals surface area contributed by atoms with Crippen molar-refractivity contribution in [3.8, 4) is 5.75 Å². The zero-order chi connectivity index (χ0) is 13.8. The van der Waals surface area contributed by atoms with E-state index in [0.29, 0.717) is 5.56 Å². The predicted octanol–water partition coefficient (Wildman–Crippen LogP) is 4.10. The third-order valence-electron chi connectivity index (χ3n) is 4.33. The number of hydrogen-bond acceptors (Lipinski definition) is 2. The number of likely N-dealkylation sites (tertiary alicyclic amines) is 1. The number of phenolic OH excluding ortho intramolecular Hbond substituents is 1. The van der Waals surface area contributed by atoms with Crippen molar-refractivity contribution in [2.75, 3.05) is 13.1 Å². The molecule has 1 unspecified atom stereocenters. The van der Waals surface area contributed by atoms with Crippen molar-refractivity contribution in [3.63, 3.8) is 0 Å². The second-order valence-electron chi connectivity index (χ2n) is 5.65. The van der Waals surface area contributed by atoms with Crippen LogP contribution < -0.4 is 0 Å². The molecule has 1 N–H and O–H groups in total. The van der Waals surface area contributed by atoms with Crippen LogP contribution in [0, 0.1) is 11.7 Å². The van der Waals surface area contributed by atoms with E-state index in [9.17, 15) is 9.50 Å². The number of hydrogen-bond donors (Lipinski definition) is 1. The highest BCUT2D eigenvalue weighted by atomic mass is 19.1. The minimum atomic E-state index is -0.303. The summed E-state index contributed by atoms with van der Waals surface area (Å²) >= 11 is 0. The lowest BCUT2D eigenvalue weighted by Crippen LogP contribution is -2.36. The average molecular weight is 265 g/mol. The summed E-state index contributed by atoms with van der Waals surface area (Å²) in [7, 11) is 0. The van der Waals surface area contributed by atoms with E-state index in [4.69, 9.17) is 0 Å². The molecule has 0 spiro atoms. The largest absolute Gasteiger partial charge is 0.508 e. The molecule has 1 fully saturated rings. The number of halogens is 1. The maximum absolute atomic E-state index is 13.9. The van der Waals surface area contributed by atoms with E-state index in [0.717, 1.165) is 19.0 Å². The Kier molecular flexibility index (Phi) is 4.81. The summed E-state index contributed by atoms with van der Waals surface area (Å²) in [4.78, 5) is 2.35. The average Bonchev–Trinajstić information content (AvgIpc) is 2.39. The maximum Gasteiger partial charge on any atom is 0.131 e. The van der Waals surface area contributed by atoms with Crippen LogP contribution in [-0.2, 0) is 0 Å². The van der Waals surface area contributed by atoms with Crippen LogP contribution in [-0.4, -0.2) is 23.1 Å². The first-order valence-electron chi connectivity index (χ1n) is 7.34. The van der Waals surface area contributed by atoms with Gasteiger partial charge in [0.2, 0.25) is 0 Å². The lowest BCUT2D eigenvalue weighted by Gasteiger charge is -2.36. The first kappa shape index (κ1) is 14.3. The van der Waals surface area contributed by atoms with E-state index in [1.807, 2.05) is 0 Å². The van der Waals surface area contributed by atoms with Crippen LogP contribution in [0.3, 0.4) is 0 Å². The van der Waals surface area contributed by atoms with Crippen LogP contribution >= 0.6 is 0 Å². The van der Waals surface area contributed by atoms with E-state index in [1.165, 1.54) is 31.7 Å². The van der Waals surface area contributed by atoms with Gasteiger partial charge in [-0.15, -0.1) is 0 Å². The van der Waals surface area contributed by atoms with Gasteiger partial charge in [-0.25, -0.2) is 4.39 Å². The van der Waals surface area contributed by atoms with Gasteiger partial charge >= 0.3 is 0 Å². The SMILES string of the molecule is CCCC1CCN(C(C)c2ccc(O)cc2F)CC1. The number of phenols is 1. The molecular weight excluding hydrogens is 241 g/mol. The highest BCUT2D eigenvalue weighted by Gasteiger charge is 2.24. The molecule has 19 heavy (non-hydrogen) atoms. The summed E-state index contributed by atoms with van der Waals surface area (Å²) in [5.41, 5.74) is 0.687. The third kappa shape index (κ3) is 3.47. The molecule has 3 heteroatoms. The third-order valence-corrected chi connectivity index (χ3v) is 4.33. The second kappa shape index (κ2) is 6.38. The minimum absolute atomic E-state index is 0.00453. The van der Waals surface area contributed by atoms with Crippen molar-refractivity contribution < 1.29 is 9.50 Å². The molecule has 0 aromatic heterocycles. The van der Waals surface area contributed by atoms with Crippen molar-refractivity contribution in [2.45, 2.75) is 45.6 Å². The Morgan fingerprint density at radius 2 is 2.05 bits per heavy atom. The lowest BCUT2D eigenvalue weighted by atomic mass is 9.91. The molecule has 2 nitrogen and oxygen atoms in total. The van der Waals surface area contributed by atoms with E-state index in [1.54, 1.807) is 12.1 Å². The van der Waals surface area contributed by atoms with Gasteiger partial charge in [0.1, 0.15) is 11.6 Å². The molecule has 0 aliphatic carbocycles. The molecule has 0 saturated carbocycles. The van der Waals surface area contributed by atoms with Crippen LogP contribution in [0.4, 0.5) is 4.39 Å². The van der Waals surface area contributed by atoms with Crippen LogP contribution in [0.25, 0.3) is 0 Å². The molecule has 0 radical (unpaired) electrons. The van der Waals surface area contributed by atoms with Crippen molar-refractivity contribution in [3.05, 3.63) is 29.6 Å². The Morgan fingerprint density at radius 1 is 1.37 bits per heavy atom. The molecule has 0 bridgehead atoms. The number of rotatable bonds is 4. The fourth-order valence-corrected chi connectivity index (χ4v) is 3.09. The second-order valence-corrected chi connectivity index (χ2v) is 5.65. The predicted molar refractivity (Wildman–Crippen MR) is 75.7 cm³/mol. The van der Waals surface area contributed by atoms with Gasteiger partial charge in [0.15, 0.2) is 0 Å². The minimum Gasteiger partial charge on any atom is -0.508 e. The van der Waals surface area contributed by atoms with E-state index in [2.05, 4.69) is 18.7 Å². The van der Waals surface area contributed by atoms with Gasteiger partial charge in [0.25, 0.3) is 0 Å². The maximum atomic E-state index is 13.9. The highest BCUT2D eigenvalue weighted by Crippen LogP contribution is 2.30. The molecule has 0 amide bonds. The molecule has 1 aliphatic heterocycles. The Labute approximate surface area is 115 Å². The first-order valence-corrected chi connectivity index (χ1v) is 7.34. The Bertz CT molecular complexity index is 413. The lowest BCUT2D eigenvalue weighted by molar-refractivity contribution is 0.135. The van der Waals surface area contributed by atoms with Gasteiger partial charge < -0.3 is 5.11 Å². The molecule has 106 valence electrons. The van der Waals surface area contributed by atoms with Crippen molar-refractivity contribution in [1.82, 2.24) is 4.90 Å². The van der Waals surface area contributed by atoms with E-state index in [-0.39, 0.29) is 17.6 Å². The summed E-state index contributed by atoms with van der Waals surface area (Å²) in [6, 6.07) is 4.56. The van der Waals surface area contributed by atoms with E-state index < -0.39 is 0 Å². The van der Waals surface area contributed by atoms with Crippen LogP contribution in [0.1, 0.15) is 51.1 Å². The summed E-state index contributed by atoms with van der Waals surface area (Å²) in [6.07, 6.45) is 5.01. The van der Waals surface area contributed by atoms with Gasteiger partial charge in [-0.2, -0.15) is 0 Å². The molecule has 1 aromatic rings. The Balaban J connectivity index is 1.99. The van der Waals surface area contributed by atoms with Crippen LogP contribution in [0.2, 0.25) is 0 Å². The molecule has 1 saturated heterocycles. The van der Waals surface area contributed by atoms with Gasteiger partial charge in [0, 0.05) is 17.7 Å². The quantitative estimate of drug-likeness (QED) is 0.885. The summed E-state index contributed by atoms with van der Waals surface area (Å²) in [5, 5.41) is 9.27. The monoisotopic (exact) mass is 265 g/mol. The molecule has 1 aromatic carbocycles. The smallest absolute Gasteiger partial charge is 0.131 e. The molecule has 2 rings (SSSR count). The van der Waals surface area contributed by atoms with Crippen LogP contribution in [0.5, 0.6) is 5.75 Å². The molecule has 1 atom stereocenters. The Hall–Kier alpha value is -1.09. The standard InChI is InChI=1S/C16H24FNO/c1-3-4-13-7-9-18(10-8-13)12(2)15-6-5-14(19)11-16(15)17/h5-6,11-13,19H,3-4,7-10H2,1-2H3. The van der Waals surface area contributed by atoms with E-state index >= 15 is 0 Å². The van der Waals surface area contributed by atoms with Gasteiger partial charge in [-0.3, -0.25) is 4.90 Å². The van der Waals surface area contributed by atoms with Gasteiger partial charge in [-0.1, -0.05) is 25.8 Å². The number of nitrogens with zero attached hydrogens (tertiary/aromatic N) is 1. The zero-order valence-electron chi connectivity index (χ0n) is 11.9. The van der Waals surface area contributed by atoms with Crippen molar-refractivity contribution in [2.24, 2.45) is 5.92 Å². The summed E-state index contributed by atoms with van der Waals surface area (Å²) in [5.74, 6) is 0.538. The zero-order valence-corrected chi connectivity index (χ0v) is 11.9. The van der Waals surface area contributed by atoms with Gasteiger partial charge in [-0.05, 0) is 44.8 Å². The summed E-state index contributed by atoms with van der Waals surface area (Å²) in [6.45, 7) is 6.38. The van der Waals surface area contributed by atoms with Crippen molar-refractivity contribution >= 4 is 0 Å². The number of aromatic hydroxyl groups is 1. The molecular formula is C16H24FNO. The molecule has 1 aliphatic rings. The first-order chi connectivity index (χ1) is 9.11. The fraction of sp³-hybridized carbons (Fsp3) is 0.625. The number of benzene rings is 1. The fourth-order valence-electron chi connectivity index (χ4n) is 3.09. The topological polar surface area (TPSA) is 23.5 Å². The van der Waals surface area contributed by atoms with Gasteiger partial charge in [0.05, 0.1) is 0 Å². The van der Waals surface area contributed by atoms with Crippen molar-refractivity contribution in [1.29, 1.82) is 0 Å². The number of piperidine rings is 1. The highest BCUT2D eigenvalue weighted by molar-refractivity contribution is 5.29. The Morgan fingerprint density at radius 3 is 2.63 bits per heavy atom. The molecule has 1 heterocycles. The summed E-state index contributed by atoms with van der Waals surface area (Å²) < 4.78 is 13.9. The van der Waals surface area contributed by atoms with Crippen LogP contribution in [0.15, 0.2) is 18.2 Å². The normalized spacial score (nSPS) is 19.5.